The van der Waals surface area contributed by atoms with E-state index >= 15 is 0 Å². The molecule has 0 amide bonds. The summed E-state index contributed by atoms with van der Waals surface area (Å²) in [5, 5.41) is 37.6. The fourth-order valence-electron chi connectivity index (χ4n) is 1.68. The van der Waals surface area contributed by atoms with Crippen molar-refractivity contribution in [3.05, 3.63) is 0 Å². The third-order valence-corrected chi connectivity index (χ3v) is 2.67. The van der Waals surface area contributed by atoms with Gasteiger partial charge in [0.05, 0.1) is 6.61 Å². The Morgan fingerprint density at radius 1 is 1.22 bits per heavy atom. The first-order chi connectivity index (χ1) is 8.36. The zero-order valence-electron chi connectivity index (χ0n) is 10.4. The monoisotopic (exact) mass is 264 g/mol. The van der Waals surface area contributed by atoms with Crippen molar-refractivity contribution in [3.63, 3.8) is 0 Å². The Hall–Kier alpha value is -0.730. The van der Waals surface area contributed by atoms with Crippen LogP contribution in [0.5, 0.6) is 0 Å². The number of hydrogen-bond donors (Lipinski definition) is 4. The minimum Gasteiger partial charge on any atom is -0.433 e. The molecule has 1 unspecified atom stereocenters. The summed E-state index contributed by atoms with van der Waals surface area (Å²) in [4.78, 5) is 11.4. The van der Waals surface area contributed by atoms with E-state index in [4.69, 9.17) is 14.6 Å². The third kappa shape index (κ3) is 3.63. The van der Waals surface area contributed by atoms with Gasteiger partial charge in [-0.2, -0.15) is 0 Å². The van der Waals surface area contributed by atoms with Crippen molar-refractivity contribution in [2.24, 2.45) is 5.92 Å². The van der Waals surface area contributed by atoms with E-state index in [1.807, 2.05) is 13.8 Å². The minimum absolute atomic E-state index is 0.0855. The second-order valence-corrected chi connectivity index (χ2v) is 4.79. The van der Waals surface area contributed by atoms with Gasteiger partial charge < -0.3 is 29.9 Å². The first-order valence-electron chi connectivity index (χ1n) is 5.86. The van der Waals surface area contributed by atoms with Gasteiger partial charge in [0.2, 0.25) is 6.29 Å². The molecule has 0 bridgehead atoms. The zero-order chi connectivity index (χ0) is 13.9. The van der Waals surface area contributed by atoms with E-state index < -0.39 is 43.3 Å². The number of aliphatic hydroxyl groups excluding tert-OH is 4. The summed E-state index contributed by atoms with van der Waals surface area (Å²) in [6.45, 7) is 3.10. The SMILES string of the molecule is CC(C)CC(=O)OC1O[C@H](CO)[C@@H](O)[C@H](O)[C@H]1O. The van der Waals surface area contributed by atoms with Gasteiger partial charge in [0, 0.05) is 6.42 Å². The van der Waals surface area contributed by atoms with Gasteiger partial charge in [0.25, 0.3) is 0 Å². The van der Waals surface area contributed by atoms with Crippen LogP contribution in [0.25, 0.3) is 0 Å². The zero-order valence-corrected chi connectivity index (χ0v) is 10.4. The van der Waals surface area contributed by atoms with Crippen LogP contribution in [0.3, 0.4) is 0 Å². The molecule has 0 aliphatic carbocycles. The van der Waals surface area contributed by atoms with E-state index in [2.05, 4.69) is 0 Å². The average Bonchev–Trinajstić information content (AvgIpc) is 2.29. The lowest BCUT2D eigenvalue weighted by Gasteiger charge is -2.39. The summed E-state index contributed by atoms with van der Waals surface area (Å²) in [5.74, 6) is -0.489. The largest absolute Gasteiger partial charge is 0.433 e. The highest BCUT2D eigenvalue weighted by molar-refractivity contribution is 5.69. The molecule has 0 spiro atoms. The lowest BCUT2D eigenvalue weighted by atomic mass is 9.99. The highest BCUT2D eigenvalue weighted by Crippen LogP contribution is 2.22. The maximum atomic E-state index is 11.4. The molecule has 0 aromatic carbocycles. The van der Waals surface area contributed by atoms with Gasteiger partial charge in [-0.05, 0) is 5.92 Å². The number of rotatable bonds is 4. The van der Waals surface area contributed by atoms with Crippen LogP contribution >= 0.6 is 0 Å². The fraction of sp³-hybridized carbons (Fsp3) is 0.909. The molecule has 0 radical (unpaired) electrons. The summed E-state index contributed by atoms with van der Waals surface area (Å²) < 4.78 is 9.90. The molecule has 1 aliphatic heterocycles. The highest BCUT2D eigenvalue weighted by Gasteiger charge is 2.45. The molecule has 18 heavy (non-hydrogen) atoms. The van der Waals surface area contributed by atoms with Crippen LogP contribution in [0.4, 0.5) is 0 Å². The Labute approximate surface area is 105 Å². The average molecular weight is 264 g/mol. The van der Waals surface area contributed by atoms with Crippen molar-refractivity contribution in [2.75, 3.05) is 6.61 Å². The molecule has 5 atom stereocenters. The van der Waals surface area contributed by atoms with Crippen LogP contribution in [-0.4, -0.2) is 63.7 Å². The van der Waals surface area contributed by atoms with E-state index in [9.17, 15) is 20.1 Å². The molecule has 0 aromatic rings. The fourth-order valence-corrected chi connectivity index (χ4v) is 1.68. The van der Waals surface area contributed by atoms with E-state index in [1.54, 1.807) is 0 Å². The molecule has 0 aromatic heterocycles. The van der Waals surface area contributed by atoms with Gasteiger partial charge in [-0.15, -0.1) is 0 Å². The van der Waals surface area contributed by atoms with Crippen LogP contribution in [0.1, 0.15) is 20.3 Å². The molecule has 0 saturated carbocycles. The minimum atomic E-state index is -1.54. The molecule has 4 N–H and O–H groups in total. The van der Waals surface area contributed by atoms with Crippen LogP contribution in [0.15, 0.2) is 0 Å². The quantitative estimate of drug-likeness (QED) is 0.451. The third-order valence-electron chi connectivity index (χ3n) is 2.67. The Morgan fingerprint density at radius 2 is 1.83 bits per heavy atom. The number of hydrogen-bond acceptors (Lipinski definition) is 7. The van der Waals surface area contributed by atoms with Crippen LogP contribution in [0, 0.1) is 5.92 Å². The number of aliphatic hydroxyl groups is 4. The van der Waals surface area contributed by atoms with Gasteiger partial charge in [-0.1, -0.05) is 13.8 Å². The molecular weight excluding hydrogens is 244 g/mol. The Morgan fingerprint density at radius 3 is 2.33 bits per heavy atom. The maximum absolute atomic E-state index is 11.4. The Balaban J connectivity index is 2.61. The van der Waals surface area contributed by atoms with Gasteiger partial charge >= 0.3 is 5.97 Å². The summed E-state index contributed by atoms with van der Waals surface area (Å²) in [6.07, 6.45) is -6.83. The molecule has 7 heteroatoms. The number of carbonyl (C=O) groups excluding carboxylic acids is 1. The van der Waals surface area contributed by atoms with Gasteiger partial charge in [-0.3, -0.25) is 4.79 Å². The smallest absolute Gasteiger partial charge is 0.308 e. The molecule has 1 saturated heterocycles. The second kappa shape index (κ2) is 6.44. The van der Waals surface area contributed by atoms with E-state index in [0.717, 1.165) is 0 Å². The van der Waals surface area contributed by atoms with Crippen LogP contribution < -0.4 is 0 Å². The Bertz CT molecular complexity index is 279. The van der Waals surface area contributed by atoms with Gasteiger partial charge in [-0.25, -0.2) is 0 Å². The summed E-state index contributed by atoms with van der Waals surface area (Å²) in [6, 6.07) is 0. The number of esters is 1. The maximum Gasteiger partial charge on any atom is 0.308 e. The lowest BCUT2D eigenvalue weighted by Crippen LogP contribution is -2.59. The van der Waals surface area contributed by atoms with E-state index in [0.29, 0.717) is 0 Å². The Kier molecular flexibility index (Phi) is 5.48. The topological polar surface area (TPSA) is 116 Å². The molecule has 1 aliphatic rings. The summed E-state index contributed by atoms with van der Waals surface area (Å²) >= 11 is 0. The van der Waals surface area contributed by atoms with Crippen molar-refractivity contribution in [3.8, 4) is 0 Å². The highest BCUT2D eigenvalue weighted by atomic mass is 16.7. The van der Waals surface area contributed by atoms with Crippen molar-refractivity contribution in [2.45, 2.75) is 51.0 Å². The van der Waals surface area contributed by atoms with E-state index in [1.165, 1.54) is 0 Å². The molecule has 7 nitrogen and oxygen atoms in total. The summed E-state index contributed by atoms with van der Waals surface area (Å²) in [7, 11) is 0. The predicted molar refractivity (Wildman–Crippen MR) is 59.3 cm³/mol. The van der Waals surface area contributed by atoms with E-state index in [-0.39, 0.29) is 12.3 Å². The van der Waals surface area contributed by atoms with Crippen LogP contribution in [0.2, 0.25) is 0 Å². The second-order valence-electron chi connectivity index (χ2n) is 4.79. The van der Waals surface area contributed by atoms with Crippen molar-refractivity contribution >= 4 is 5.97 Å². The first-order valence-corrected chi connectivity index (χ1v) is 5.86. The standard InChI is InChI=1S/C11H20O7/c1-5(2)3-7(13)18-11-10(16)9(15)8(14)6(4-12)17-11/h5-6,8-12,14-16H,3-4H2,1-2H3/t6-,8-,9+,10-,11?/m1/s1. The van der Waals surface area contributed by atoms with Crippen molar-refractivity contribution in [1.82, 2.24) is 0 Å². The molecule has 1 fully saturated rings. The molecule has 1 rings (SSSR count). The predicted octanol–water partition coefficient (Wildman–Crippen LogP) is -1.62. The normalized spacial score (nSPS) is 36.7. The van der Waals surface area contributed by atoms with Crippen molar-refractivity contribution < 1.29 is 34.7 Å². The van der Waals surface area contributed by atoms with Crippen LogP contribution in [-0.2, 0) is 14.3 Å². The molecule has 1 heterocycles. The molecule has 106 valence electrons. The van der Waals surface area contributed by atoms with Gasteiger partial charge in [0.15, 0.2) is 0 Å². The molecular formula is C11H20O7. The van der Waals surface area contributed by atoms with Crippen molar-refractivity contribution in [1.29, 1.82) is 0 Å². The lowest BCUT2D eigenvalue weighted by molar-refractivity contribution is -0.292. The number of carbonyl (C=O) groups is 1. The van der Waals surface area contributed by atoms with Gasteiger partial charge in [0.1, 0.15) is 24.4 Å². The first kappa shape index (κ1) is 15.3. The summed E-state index contributed by atoms with van der Waals surface area (Å²) in [5.41, 5.74) is 0. The number of ether oxygens (including phenoxy) is 2.